The zero-order valence-corrected chi connectivity index (χ0v) is 13.8. The van der Waals surface area contributed by atoms with Crippen molar-refractivity contribution in [1.82, 2.24) is 29.9 Å². The molecule has 1 atom stereocenters. The quantitative estimate of drug-likeness (QED) is 0.741. The monoisotopic (exact) mass is 338 g/mol. The first kappa shape index (κ1) is 15.5. The second-order valence-corrected chi connectivity index (χ2v) is 6.26. The van der Waals surface area contributed by atoms with E-state index in [0.29, 0.717) is 10.8 Å². The van der Waals surface area contributed by atoms with Crippen molar-refractivity contribution in [3.8, 4) is 0 Å². The maximum absolute atomic E-state index is 12.8. The summed E-state index contributed by atoms with van der Waals surface area (Å²) in [6.07, 6.45) is 4.10. The van der Waals surface area contributed by atoms with Crippen LogP contribution in [0.3, 0.4) is 0 Å². The van der Waals surface area contributed by atoms with Crippen LogP contribution >= 0.6 is 0 Å². The molecule has 0 bridgehead atoms. The molecule has 1 aromatic carbocycles. The fourth-order valence-corrected chi connectivity index (χ4v) is 3.27. The van der Waals surface area contributed by atoms with Gasteiger partial charge in [-0.3, -0.25) is 9.59 Å². The Morgan fingerprint density at radius 1 is 1.24 bits per heavy atom. The Kier molecular flexibility index (Phi) is 3.79. The Bertz CT molecular complexity index is 983. The van der Waals surface area contributed by atoms with Crippen LogP contribution in [-0.4, -0.2) is 36.5 Å². The normalized spacial score (nSPS) is 17.1. The third kappa shape index (κ3) is 2.79. The van der Waals surface area contributed by atoms with E-state index in [1.807, 2.05) is 4.57 Å². The summed E-state index contributed by atoms with van der Waals surface area (Å²) < 4.78 is 3.23. The largest absolute Gasteiger partial charge is 0.348 e. The number of carbonyl (C=O) groups is 1. The Balaban J connectivity index is 1.60. The minimum atomic E-state index is -0.255. The summed E-state index contributed by atoms with van der Waals surface area (Å²) in [6.45, 7) is 0.773. The fourth-order valence-electron chi connectivity index (χ4n) is 3.27. The van der Waals surface area contributed by atoms with Crippen LogP contribution in [0.15, 0.2) is 35.4 Å². The van der Waals surface area contributed by atoms with Gasteiger partial charge in [-0.25, -0.2) is 4.68 Å². The first-order chi connectivity index (χ1) is 12.1. The number of benzene rings is 1. The van der Waals surface area contributed by atoms with E-state index in [0.717, 1.165) is 31.6 Å². The van der Waals surface area contributed by atoms with Gasteiger partial charge in [0.2, 0.25) is 0 Å². The highest BCUT2D eigenvalue weighted by molar-refractivity contribution is 6.04. The third-order valence-electron chi connectivity index (χ3n) is 4.64. The molecule has 8 nitrogen and oxygen atoms in total. The summed E-state index contributed by atoms with van der Waals surface area (Å²) >= 11 is 0. The zero-order valence-electron chi connectivity index (χ0n) is 13.8. The van der Waals surface area contributed by atoms with Crippen LogP contribution in [0.25, 0.3) is 10.8 Å². The van der Waals surface area contributed by atoms with Gasteiger partial charge in [0.15, 0.2) is 5.69 Å². The van der Waals surface area contributed by atoms with E-state index in [1.54, 1.807) is 37.6 Å². The van der Waals surface area contributed by atoms with Crippen LogP contribution in [0, 0.1) is 0 Å². The second-order valence-electron chi connectivity index (χ2n) is 6.26. The molecule has 1 aliphatic rings. The molecule has 1 amide bonds. The summed E-state index contributed by atoms with van der Waals surface area (Å²) in [5.41, 5.74) is 0.0703. The molecule has 1 aliphatic heterocycles. The van der Waals surface area contributed by atoms with Crippen LogP contribution < -0.4 is 10.9 Å². The lowest BCUT2D eigenvalue weighted by Gasteiger charge is -2.16. The standard InChI is InChI=1S/C17H18N6O2/c1-22-17(25)13-5-3-2-4-12(13)15(21-22)16(24)19-11-6-7-14-20-18-10-23(14)9-8-11/h2-5,10-11H,6-9H2,1H3,(H,19,24). The molecule has 0 saturated carbocycles. The number of aromatic nitrogens is 5. The molecule has 0 radical (unpaired) electrons. The van der Waals surface area contributed by atoms with Gasteiger partial charge in [-0.15, -0.1) is 10.2 Å². The highest BCUT2D eigenvalue weighted by atomic mass is 16.2. The van der Waals surface area contributed by atoms with Crippen molar-refractivity contribution in [2.24, 2.45) is 7.05 Å². The lowest BCUT2D eigenvalue weighted by molar-refractivity contribution is 0.0927. The van der Waals surface area contributed by atoms with Gasteiger partial charge in [0.05, 0.1) is 5.39 Å². The van der Waals surface area contributed by atoms with Gasteiger partial charge in [0.1, 0.15) is 12.2 Å². The Hall–Kier alpha value is -3.03. The number of amides is 1. The number of aryl methyl sites for hydroxylation is 3. The second kappa shape index (κ2) is 6.12. The van der Waals surface area contributed by atoms with Crippen molar-refractivity contribution in [1.29, 1.82) is 0 Å². The van der Waals surface area contributed by atoms with E-state index >= 15 is 0 Å². The summed E-state index contributed by atoms with van der Waals surface area (Å²) in [5, 5.41) is 16.3. The highest BCUT2D eigenvalue weighted by Gasteiger charge is 2.22. The number of hydrogen-bond acceptors (Lipinski definition) is 5. The lowest BCUT2D eigenvalue weighted by Crippen LogP contribution is -2.37. The van der Waals surface area contributed by atoms with E-state index in [1.165, 1.54) is 4.68 Å². The molecule has 2 aromatic heterocycles. The zero-order chi connectivity index (χ0) is 17.4. The number of nitrogens with zero attached hydrogens (tertiary/aromatic N) is 5. The Labute approximate surface area is 143 Å². The molecular formula is C17H18N6O2. The van der Waals surface area contributed by atoms with Crippen LogP contribution in [0.4, 0.5) is 0 Å². The molecule has 1 unspecified atom stereocenters. The first-order valence-corrected chi connectivity index (χ1v) is 8.27. The molecule has 0 saturated heterocycles. The minimum absolute atomic E-state index is 0.0343. The lowest BCUT2D eigenvalue weighted by atomic mass is 10.1. The van der Waals surface area contributed by atoms with E-state index in [4.69, 9.17) is 0 Å². The van der Waals surface area contributed by atoms with Crippen LogP contribution in [0.2, 0.25) is 0 Å². The van der Waals surface area contributed by atoms with Crippen molar-refractivity contribution in [2.45, 2.75) is 31.8 Å². The maximum Gasteiger partial charge on any atom is 0.274 e. The van der Waals surface area contributed by atoms with Crippen molar-refractivity contribution in [3.05, 3.63) is 52.5 Å². The predicted molar refractivity (Wildman–Crippen MR) is 91.2 cm³/mol. The van der Waals surface area contributed by atoms with E-state index < -0.39 is 0 Å². The molecule has 0 fully saturated rings. The van der Waals surface area contributed by atoms with E-state index in [-0.39, 0.29) is 23.2 Å². The molecule has 128 valence electrons. The van der Waals surface area contributed by atoms with E-state index in [9.17, 15) is 9.59 Å². The average Bonchev–Trinajstić information content (AvgIpc) is 2.99. The van der Waals surface area contributed by atoms with Gasteiger partial charge in [-0.2, -0.15) is 5.10 Å². The van der Waals surface area contributed by atoms with Gasteiger partial charge >= 0.3 is 0 Å². The molecular weight excluding hydrogens is 320 g/mol. The van der Waals surface area contributed by atoms with Crippen molar-refractivity contribution in [2.75, 3.05) is 0 Å². The van der Waals surface area contributed by atoms with Gasteiger partial charge in [-0.05, 0) is 18.9 Å². The fraction of sp³-hybridized carbons (Fsp3) is 0.353. The third-order valence-corrected chi connectivity index (χ3v) is 4.64. The molecule has 3 heterocycles. The van der Waals surface area contributed by atoms with Gasteiger partial charge < -0.3 is 9.88 Å². The van der Waals surface area contributed by atoms with Crippen LogP contribution in [-0.2, 0) is 20.0 Å². The Morgan fingerprint density at radius 3 is 2.88 bits per heavy atom. The van der Waals surface area contributed by atoms with Gasteiger partial charge in [0, 0.05) is 31.4 Å². The number of nitrogens with one attached hydrogen (secondary N) is 1. The average molecular weight is 338 g/mol. The maximum atomic E-state index is 12.8. The molecule has 4 rings (SSSR count). The molecule has 0 aliphatic carbocycles. The summed E-state index contributed by atoms with van der Waals surface area (Å²) in [5.74, 6) is 0.692. The number of fused-ring (bicyclic) bond motifs is 2. The molecule has 25 heavy (non-hydrogen) atoms. The number of rotatable bonds is 2. The highest BCUT2D eigenvalue weighted by Crippen LogP contribution is 2.16. The van der Waals surface area contributed by atoms with E-state index in [2.05, 4.69) is 20.6 Å². The van der Waals surface area contributed by atoms with Crippen molar-refractivity contribution < 1.29 is 4.79 Å². The summed E-state index contributed by atoms with van der Waals surface area (Å²) in [7, 11) is 1.56. The molecule has 8 heteroatoms. The minimum Gasteiger partial charge on any atom is -0.348 e. The topological polar surface area (TPSA) is 94.7 Å². The molecule has 0 spiro atoms. The summed E-state index contributed by atoms with van der Waals surface area (Å²) in [6, 6.07) is 7.09. The summed E-state index contributed by atoms with van der Waals surface area (Å²) in [4.78, 5) is 25.0. The van der Waals surface area contributed by atoms with Crippen molar-refractivity contribution in [3.63, 3.8) is 0 Å². The van der Waals surface area contributed by atoms with Crippen LogP contribution in [0.1, 0.15) is 29.2 Å². The number of carbonyl (C=O) groups excluding carboxylic acids is 1. The van der Waals surface area contributed by atoms with Crippen LogP contribution in [0.5, 0.6) is 0 Å². The smallest absolute Gasteiger partial charge is 0.274 e. The number of hydrogen-bond donors (Lipinski definition) is 1. The first-order valence-electron chi connectivity index (χ1n) is 8.27. The molecule has 3 aromatic rings. The van der Waals surface area contributed by atoms with Gasteiger partial charge in [-0.1, -0.05) is 18.2 Å². The van der Waals surface area contributed by atoms with Crippen molar-refractivity contribution >= 4 is 16.7 Å². The van der Waals surface area contributed by atoms with Gasteiger partial charge in [0.25, 0.3) is 11.5 Å². The SMILES string of the molecule is Cn1nc(C(=O)NC2CCc3nncn3CC2)c2ccccc2c1=O. The Morgan fingerprint density at radius 2 is 2.04 bits per heavy atom. The molecule has 1 N–H and O–H groups in total. The predicted octanol–water partition coefficient (Wildman–Crippen LogP) is 0.660.